The number of hydrogen-bond donors (Lipinski definition) is 0. The van der Waals surface area contributed by atoms with Gasteiger partial charge in [-0.25, -0.2) is 0 Å². The summed E-state index contributed by atoms with van der Waals surface area (Å²) in [7, 11) is 0. The third-order valence-corrected chi connectivity index (χ3v) is 2.63. The van der Waals surface area contributed by atoms with Crippen LogP contribution >= 0.6 is 0 Å². The first-order valence-electron chi connectivity index (χ1n) is 4.40. The second-order valence-electron chi connectivity index (χ2n) is 3.61. The van der Waals surface area contributed by atoms with Crippen LogP contribution in [0.2, 0.25) is 0 Å². The zero-order chi connectivity index (χ0) is 7.56. The zero-order valence-electron chi connectivity index (χ0n) is 7.35. The van der Waals surface area contributed by atoms with Gasteiger partial charge in [-0.3, -0.25) is 0 Å². The minimum absolute atomic E-state index is 0.855. The van der Waals surface area contributed by atoms with Crippen molar-refractivity contribution < 1.29 is 0 Å². The van der Waals surface area contributed by atoms with E-state index in [0.29, 0.717) is 0 Å². The van der Waals surface area contributed by atoms with Gasteiger partial charge in [0, 0.05) is 0 Å². The van der Waals surface area contributed by atoms with Gasteiger partial charge in [0.2, 0.25) is 0 Å². The van der Waals surface area contributed by atoms with Gasteiger partial charge in [-0.2, -0.15) is 0 Å². The summed E-state index contributed by atoms with van der Waals surface area (Å²) in [6, 6.07) is 0. The van der Waals surface area contributed by atoms with Crippen molar-refractivity contribution in [3.8, 4) is 0 Å². The molecule has 1 rings (SSSR count). The monoisotopic (exact) mass is 138 g/mol. The van der Waals surface area contributed by atoms with Crippen molar-refractivity contribution in [2.75, 3.05) is 0 Å². The third kappa shape index (κ3) is 1.42. The Labute approximate surface area is 64.3 Å². The predicted molar refractivity (Wildman–Crippen MR) is 45.9 cm³/mol. The Morgan fingerprint density at radius 2 is 2.20 bits per heavy atom. The topological polar surface area (TPSA) is 0 Å². The van der Waals surface area contributed by atoms with Gasteiger partial charge in [-0.1, -0.05) is 25.5 Å². The maximum atomic E-state index is 2.33. The first-order valence-corrected chi connectivity index (χ1v) is 4.40. The van der Waals surface area contributed by atoms with E-state index < -0.39 is 0 Å². The Bertz CT molecular complexity index is 131. The molecule has 1 atom stereocenters. The average molecular weight is 138 g/mol. The van der Waals surface area contributed by atoms with Gasteiger partial charge in [0.15, 0.2) is 0 Å². The maximum Gasteiger partial charge on any atom is -0.0180 e. The summed E-state index contributed by atoms with van der Waals surface area (Å²) in [5.41, 5.74) is 1.70. The normalized spacial score (nSPS) is 30.4. The largest absolute Gasteiger partial charge is 0.0882 e. The highest BCUT2D eigenvalue weighted by Gasteiger charge is 2.22. The van der Waals surface area contributed by atoms with E-state index in [0.717, 1.165) is 11.8 Å². The molecule has 1 unspecified atom stereocenters. The van der Waals surface area contributed by atoms with Crippen LogP contribution in [0.1, 0.15) is 40.0 Å². The van der Waals surface area contributed by atoms with Crippen LogP contribution in [0.25, 0.3) is 0 Å². The zero-order valence-corrected chi connectivity index (χ0v) is 7.35. The lowest BCUT2D eigenvalue weighted by atomic mass is 9.91. The molecule has 1 aliphatic rings. The molecule has 0 saturated heterocycles. The van der Waals surface area contributed by atoms with Gasteiger partial charge in [0.25, 0.3) is 0 Å². The summed E-state index contributed by atoms with van der Waals surface area (Å²) < 4.78 is 0. The molecule has 1 fully saturated rings. The van der Waals surface area contributed by atoms with E-state index in [-0.39, 0.29) is 0 Å². The molecule has 0 radical (unpaired) electrons. The van der Waals surface area contributed by atoms with Crippen LogP contribution in [-0.2, 0) is 0 Å². The lowest BCUT2D eigenvalue weighted by Gasteiger charge is -2.15. The molecule has 0 heteroatoms. The van der Waals surface area contributed by atoms with Crippen molar-refractivity contribution in [3.05, 3.63) is 11.6 Å². The summed E-state index contributed by atoms with van der Waals surface area (Å²) in [5, 5.41) is 0. The van der Waals surface area contributed by atoms with Crippen molar-refractivity contribution >= 4 is 0 Å². The Hall–Kier alpha value is -0.260. The first kappa shape index (κ1) is 7.84. The molecule has 1 saturated carbocycles. The molecule has 0 heterocycles. The van der Waals surface area contributed by atoms with Gasteiger partial charge in [-0.05, 0) is 38.0 Å². The highest BCUT2D eigenvalue weighted by Crippen LogP contribution is 2.35. The van der Waals surface area contributed by atoms with Crippen molar-refractivity contribution in [2.24, 2.45) is 11.8 Å². The fraction of sp³-hybridized carbons (Fsp3) is 0.800. The van der Waals surface area contributed by atoms with Crippen molar-refractivity contribution in [1.29, 1.82) is 0 Å². The van der Waals surface area contributed by atoms with E-state index in [1.165, 1.54) is 19.3 Å². The average Bonchev–Trinajstić information content (AvgIpc) is 2.33. The predicted octanol–water partition coefficient (Wildman–Crippen LogP) is 3.39. The molecule has 0 aromatic rings. The molecule has 1 aliphatic carbocycles. The van der Waals surface area contributed by atoms with Crippen LogP contribution < -0.4 is 0 Å². The third-order valence-electron chi connectivity index (χ3n) is 2.63. The van der Waals surface area contributed by atoms with E-state index in [1.807, 2.05) is 0 Å². The summed E-state index contributed by atoms with van der Waals surface area (Å²) in [4.78, 5) is 0. The second kappa shape index (κ2) is 3.23. The second-order valence-corrected chi connectivity index (χ2v) is 3.61. The van der Waals surface area contributed by atoms with Crippen LogP contribution in [0.4, 0.5) is 0 Å². The molecule has 10 heavy (non-hydrogen) atoms. The first-order chi connectivity index (χ1) is 4.75. The highest BCUT2D eigenvalue weighted by molar-refractivity contribution is 5.10. The summed E-state index contributed by atoms with van der Waals surface area (Å²) in [5.74, 6) is 1.76. The molecule has 58 valence electrons. The van der Waals surface area contributed by atoms with Crippen molar-refractivity contribution in [2.45, 2.75) is 40.0 Å². The van der Waals surface area contributed by atoms with Gasteiger partial charge in [0.1, 0.15) is 0 Å². The highest BCUT2D eigenvalue weighted by atomic mass is 14.3. The quantitative estimate of drug-likeness (QED) is 0.487. The van der Waals surface area contributed by atoms with Crippen molar-refractivity contribution in [3.63, 3.8) is 0 Å². The molecule has 0 aromatic heterocycles. The SMILES string of the molecule is CC=C1CCCC1C(C)C. The van der Waals surface area contributed by atoms with Gasteiger partial charge in [-0.15, -0.1) is 0 Å². The lowest BCUT2D eigenvalue weighted by molar-refractivity contribution is 0.452. The minimum atomic E-state index is 0.855. The minimum Gasteiger partial charge on any atom is -0.0882 e. The van der Waals surface area contributed by atoms with E-state index in [2.05, 4.69) is 26.8 Å². The Morgan fingerprint density at radius 3 is 2.60 bits per heavy atom. The van der Waals surface area contributed by atoms with Crippen LogP contribution in [0.5, 0.6) is 0 Å². The van der Waals surface area contributed by atoms with E-state index in [9.17, 15) is 0 Å². The number of rotatable bonds is 1. The van der Waals surface area contributed by atoms with Crippen LogP contribution in [-0.4, -0.2) is 0 Å². The van der Waals surface area contributed by atoms with Crippen molar-refractivity contribution in [1.82, 2.24) is 0 Å². The molecule has 0 spiro atoms. The number of hydrogen-bond acceptors (Lipinski definition) is 0. The Kier molecular flexibility index (Phi) is 2.53. The molecule has 0 amide bonds. The summed E-state index contributed by atoms with van der Waals surface area (Å²) in [6.07, 6.45) is 6.52. The molecule has 0 aliphatic heterocycles. The molecular formula is C10H18. The maximum absolute atomic E-state index is 2.33. The summed E-state index contributed by atoms with van der Waals surface area (Å²) >= 11 is 0. The molecule has 0 nitrogen and oxygen atoms in total. The van der Waals surface area contributed by atoms with Crippen LogP contribution in [0, 0.1) is 11.8 Å². The fourth-order valence-corrected chi connectivity index (χ4v) is 2.02. The Morgan fingerprint density at radius 1 is 1.50 bits per heavy atom. The van der Waals surface area contributed by atoms with Crippen LogP contribution in [0.15, 0.2) is 11.6 Å². The van der Waals surface area contributed by atoms with Gasteiger partial charge < -0.3 is 0 Å². The molecular weight excluding hydrogens is 120 g/mol. The van der Waals surface area contributed by atoms with Gasteiger partial charge >= 0.3 is 0 Å². The van der Waals surface area contributed by atoms with E-state index >= 15 is 0 Å². The van der Waals surface area contributed by atoms with Crippen LogP contribution in [0.3, 0.4) is 0 Å². The molecule has 0 N–H and O–H groups in total. The smallest absolute Gasteiger partial charge is 0.0180 e. The van der Waals surface area contributed by atoms with E-state index in [4.69, 9.17) is 0 Å². The number of allylic oxidation sites excluding steroid dienone is 2. The molecule has 0 aromatic carbocycles. The van der Waals surface area contributed by atoms with E-state index in [1.54, 1.807) is 5.57 Å². The molecule has 0 bridgehead atoms. The lowest BCUT2D eigenvalue weighted by Crippen LogP contribution is -2.04. The Balaban J connectivity index is 2.59. The summed E-state index contributed by atoms with van der Waals surface area (Å²) in [6.45, 7) is 6.84. The fourth-order valence-electron chi connectivity index (χ4n) is 2.02. The van der Waals surface area contributed by atoms with Gasteiger partial charge in [0.05, 0.1) is 0 Å². The standard InChI is InChI=1S/C10H18/c1-4-9-6-5-7-10(9)8(2)3/h4,8,10H,5-7H2,1-3H3.